The molecule has 1 heterocycles. The van der Waals surface area contributed by atoms with E-state index in [0.717, 1.165) is 58.4 Å². The minimum atomic E-state index is -0.578. The van der Waals surface area contributed by atoms with Crippen molar-refractivity contribution in [2.24, 2.45) is 5.41 Å². The van der Waals surface area contributed by atoms with Crippen LogP contribution >= 0.6 is 0 Å². The monoisotopic (exact) mass is 254 g/mol. The Morgan fingerprint density at radius 3 is 2.50 bits per heavy atom. The molecule has 2 fully saturated rings. The Morgan fingerprint density at radius 1 is 1.33 bits per heavy atom. The summed E-state index contributed by atoms with van der Waals surface area (Å²) in [6, 6.07) is 0.552. The minimum Gasteiger partial charge on any atom is -0.481 e. The van der Waals surface area contributed by atoms with E-state index in [2.05, 4.69) is 23.6 Å². The molecule has 1 saturated heterocycles. The van der Waals surface area contributed by atoms with Crippen LogP contribution in [-0.4, -0.2) is 59.6 Å². The van der Waals surface area contributed by atoms with Gasteiger partial charge in [0.1, 0.15) is 0 Å². The highest BCUT2D eigenvalue weighted by Gasteiger charge is 2.43. The average Bonchev–Trinajstić information content (AvgIpc) is 2.79. The summed E-state index contributed by atoms with van der Waals surface area (Å²) in [6.45, 7) is 9.41. The van der Waals surface area contributed by atoms with Gasteiger partial charge in [0.15, 0.2) is 0 Å². The molecule has 0 aromatic heterocycles. The van der Waals surface area contributed by atoms with Crippen LogP contribution in [0.25, 0.3) is 0 Å². The maximum absolute atomic E-state index is 11.6. The second-order valence-corrected chi connectivity index (χ2v) is 6.01. The second-order valence-electron chi connectivity index (χ2n) is 6.01. The van der Waals surface area contributed by atoms with Crippen LogP contribution in [0.15, 0.2) is 0 Å². The summed E-state index contributed by atoms with van der Waals surface area (Å²) < 4.78 is 0. The SMILES string of the molecule is CCN1CCN(CC2(C(=O)O)CCCC2)CC1C. The fraction of sp³-hybridized carbons (Fsp3) is 0.929. The molecular weight excluding hydrogens is 228 g/mol. The maximum atomic E-state index is 11.6. The number of carboxylic acid groups (broad SMARTS) is 1. The molecule has 4 heteroatoms. The van der Waals surface area contributed by atoms with Gasteiger partial charge in [-0.1, -0.05) is 19.8 Å². The molecule has 1 unspecified atom stereocenters. The quantitative estimate of drug-likeness (QED) is 0.828. The smallest absolute Gasteiger partial charge is 0.310 e. The molecular formula is C14H26N2O2. The lowest BCUT2D eigenvalue weighted by molar-refractivity contribution is -0.150. The Kier molecular flexibility index (Phi) is 4.28. The highest BCUT2D eigenvalue weighted by molar-refractivity contribution is 5.75. The number of hydrogen-bond acceptors (Lipinski definition) is 3. The summed E-state index contributed by atoms with van der Waals surface area (Å²) in [5.41, 5.74) is -0.450. The van der Waals surface area contributed by atoms with Crippen LogP contribution in [0, 0.1) is 5.41 Å². The lowest BCUT2D eigenvalue weighted by atomic mass is 9.85. The molecule has 2 aliphatic rings. The van der Waals surface area contributed by atoms with Gasteiger partial charge in [-0.2, -0.15) is 0 Å². The van der Waals surface area contributed by atoms with Crippen molar-refractivity contribution in [1.29, 1.82) is 0 Å². The van der Waals surface area contributed by atoms with Gasteiger partial charge in [0.25, 0.3) is 0 Å². The second kappa shape index (κ2) is 5.57. The number of aliphatic carboxylic acids is 1. The Hall–Kier alpha value is -0.610. The van der Waals surface area contributed by atoms with E-state index in [-0.39, 0.29) is 0 Å². The summed E-state index contributed by atoms with van der Waals surface area (Å²) in [4.78, 5) is 16.4. The molecule has 0 radical (unpaired) electrons. The third-order valence-corrected chi connectivity index (χ3v) is 4.80. The van der Waals surface area contributed by atoms with E-state index in [4.69, 9.17) is 0 Å². The zero-order chi connectivity index (χ0) is 13.2. The van der Waals surface area contributed by atoms with Gasteiger partial charge >= 0.3 is 5.97 Å². The highest BCUT2D eigenvalue weighted by atomic mass is 16.4. The normalized spacial score (nSPS) is 29.6. The van der Waals surface area contributed by atoms with E-state index in [1.165, 1.54) is 0 Å². The van der Waals surface area contributed by atoms with Gasteiger partial charge in [-0.15, -0.1) is 0 Å². The number of likely N-dealkylation sites (N-methyl/N-ethyl adjacent to an activating group) is 1. The van der Waals surface area contributed by atoms with Crippen molar-refractivity contribution in [2.45, 2.75) is 45.6 Å². The first kappa shape index (κ1) is 13.8. The van der Waals surface area contributed by atoms with Gasteiger partial charge in [-0.3, -0.25) is 14.6 Å². The first-order valence-corrected chi connectivity index (χ1v) is 7.27. The first-order chi connectivity index (χ1) is 8.57. The van der Waals surface area contributed by atoms with E-state index < -0.39 is 11.4 Å². The van der Waals surface area contributed by atoms with Crippen LogP contribution in [0.2, 0.25) is 0 Å². The average molecular weight is 254 g/mol. The Bertz CT molecular complexity index is 300. The van der Waals surface area contributed by atoms with Gasteiger partial charge < -0.3 is 5.11 Å². The third kappa shape index (κ3) is 2.69. The van der Waals surface area contributed by atoms with Crippen molar-refractivity contribution in [3.05, 3.63) is 0 Å². The van der Waals surface area contributed by atoms with E-state index in [0.29, 0.717) is 6.04 Å². The molecule has 18 heavy (non-hydrogen) atoms. The van der Waals surface area contributed by atoms with E-state index in [9.17, 15) is 9.90 Å². The van der Waals surface area contributed by atoms with Gasteiger partial charge in [0.05, 0.1) is 5.41 Å². The molecule has 1 atom stereocenters. The van der Waals surface area contributed by atoms with Crippen LogP contribution in [0.5, 0.6) is 0 Å². The Balaban J connectivity index is 1.95. The largest absolute Gasteiger partial charge is 0.481 e. The van der Waals surface area contributed by atoms with Crippen LogP contribution in [0.3, 0.4) is 0 Å². The number of piperazine rings is 1. The van der Waals surface area contributed by atoms with E-state index >= 15 is 0 Å². The number of rotatable bonds is 4. The lowest BCUT2D eigenvalue weighted by Gasteiger charge is -2.42. The van der Waals surface area contributed by atoms with Crippen molar-refractivity contribution in [3.8, 4) is 0 Å². The molecule has 0 amide bonds. The number of hydrogen-bond donors (Lipinski definition) is 1. The van der Waals surface area contributed by atoms with Gasteiger partial charge in [0.2, 0.25) is 0 Å². The third-order valence-electron chi connectivity index (χ3n) is 4.80. The summed E-state index contributed by atoms with van der Waals surface area (Å²) in [5.74, 6) is -0.578. The summed E-state index contributed by atoms with van der Waals surface area (Å²) in [7, 11) is 0. The highest BCUT2D eigenvalue weighted by Crippen LogP contribution is 2.39. The maximum Gasteiger partial charge on any atom is 0.310 e. The standard InChI is InChI=1S/C14H26N2O2/c1-3-16-9-8-15(10-12(16)2)11-14(13(17)18)6-4-5-7-14/h12H,3-11H2,1-2H3,(H,17,18). The summed E-state index contributed by atoms with van der Waals surface area (Å²) >= 11 is 0. The summed E-state index contributed by atoms with van der Waals surface area (Å²) in [6.07, 6.45) is 3.89. The van der Waals surface area contributed by atoms with E-state index in [1.807, 2.05) is 0 Å². The molecule has 1 N–H and O–H groups in total. The van der Waals surface area contributed by atoms with Crippen LogP contribution in [0.4, 0.5) is 0 Å². The molecule has 0 bridgehead atoms. The molecule has 104 valence electrons. The van der Waals surface area contributed by atoms with Gasteiger partial charge in [-0.05, 0) is 26.3 Å². The van der Waals surface area contributed by atoms with Crippen molar-refractivity contribution in [3.63, 3.8) is 0 Å². The zero-order valence-corrected chi connectivity index (χ0v) is 11.7. The minimum absolute atomic E-state index is 0.450. The molecule has 2 rings (SSSR count). The molecule has 1 saturated carbocycles. The van der Waals surface area contributed by atoms with Crippen molar-refractivity contribution in [1.82, 2.24) is 9.80 Å². The summed E-state index contributed by atoms with van der Waals surface area (Å²) in [5, 5.41) is 9.52. The Labute approximate surface area is 110 Å². The van der Waals surface area contributed by atoms with Gasteiger partial charge in [-0.25, -0.2) is 0 Å². The zero-order valence-electron chi connectivity index (χ0n) is 11.7. The fourth-order valence-electron chi connectivity index (χ4n) is 3.60. The topological polar surface area (TPSA) is 43.8 Å². The lowest BCUT2D eigenvalue weighted by Crippen LogP contribution is -2.54. The Morgan fingerprint density at radius 2 is 2.00 bits per heavy atom. The molecule has 0 aromatic carbocycles. The molecule has 0 spiro atoms. The van der Waals surface area contributed by atoms with Crippen LogP contribution < -0.4 is 0 Å². The van der Waals surface area contributed by atoms with Gasteiger partial charge in [0, 0.05) is 32.2 Å². The molecule has 1 aliphatic heterocycles. The number of carboxylic acids is 1. The van der Waals surface area contributed by atoms with Crippen molar-refractivity contribution >= 4 is 5.97 Å². The number of carbonyl (C=O) groups is 1. The van der Waals surface area contributed by atoms with Crippen LogP contribution in [-0.2, 0) is 4.79 Å². The predicted molar refractivity (Wildman–Crippen MR) is 71.7 cm³/mol. The molecule has 0 aromatic rings. The number of nitrogens with zero attached hydrogens (tertiary/aromatic N) is 2. The van der Waals surface area contributed by atoms with Crippen molar-refractivity contribution in [2.75, 3.05) is 32.7 Å². The molecule has 1 aliphatic carbocycles. The first-order valence-electron chi connectivity index (χ1n) is 7.27. The molecule has 4 nitrogen and oxygen atoms in total. The van der Waals surface area contributed by atoms with Crippen molar-refractivity contribution < 1.29 is 9.90 Å². The van der Waals surface area contributed by atoms with Crippen LogP contribution in [0.1, 0.15) is 39.5 Å². The predicted octanol–water partition coefficient (Wildman–Crippen LogP) is 1.66. The fourth-order valence-corrected chi connectivity index (χ4v) is 3.60. The van der Waals surface area contributed by atoms with E-state index in [1.54, 1.807) is 0 Å².